The molecule has 0 aliphatic rings. The summed E-state index contributed by atoms with van der Waals surface area (Å²) >= 11 is 0. The van der Waals surface area contributed by atoms with Gasteiger partial charge >= 0.3 is 0 Å². The maximum Gasteiger partial charge on any atom is 0.226 e. The molecule has 4 rings (SSSR count). The first-order valence-electron chi connectivity index (χ1n) is 10.6. The van der Waals surface area contributed by atoms with Crippen LogP contribution in [-0.4, -0.2) is 54.0 Å². The first-order chi connectivity index (χ1) is 15.5. The molecule has 0 fully saturated rings. The Labute approximate surface area is 186 Å². The van der Waals surface area contributed by atoms with Crippen LogP contribution in [0.2, 0.25) is 0 Å². The molecule has 0 aliphatic heterocycles. The number of hydrogen-bond acceptors (Lipinski definition) is 8. The standard InChI is InChI=1S/C23H27N7O2/c1-15(2)30-14-27-20-21(28-23(29-22(20)30)26-12-19(32)13-31)25-10-16-5-7-17(8-6-16)18-4-3-9-24-11-18/h3-9,11,14-15,19,31-32H,10,12-13H2,1-2H3,(H2,25,26,28,29)/t19-/m0/s1. The number of anilines is 2. The molecular formula is C23H27N7O2. The number of fused-ring (bicyclic) bond motifs is 1. The monoisotopic (exact) mass is 433 g/mol. The molecule has 1 aromatic carbocycles. The Bertz CT molecular complexity index is 1160. The number of nitrogens with zero attached hydrogens (tertiary/aromatic N) is 5. The van der Waals surface area contributed by atoms with Gasteiger partial charge in [0.25, 0.3) is 0 Å². The van der Waals surface area contributed by atoms with Gasteiger partial charge in [-0.3, -0.25) is 4.98 Å². The number of rotatable bonds is 9. The fourth-order valence-electron chi connectivity index (χ4n) is 3.30. The van der Waals surface area contributed by atoms with E-state index in [1.165, 1.54) is 0 Å². The first kappa shape index (κ1) is 21.7. The quantitative estimate of drug-likeness (QED) is 0.318. The summed E-state index contributed by atoms with van der Waals surface area (Å²) in [6.07, 6.45) is 4.47. The maximum absolute atomic E-state index is 9.66. The highest BCUT2D eigenvalue weighted by molar-refractivity contribution is 5.84. The van der Waals surface area contributed by atoms with Crippen LogP contribution < -0.4 is 10.6 Å². The normalized spacial score (nSPS) is 12.3. The highest BCUT2D eigenvalue weighted by Crippen LogP contribution is 2.24. The molecule has 0 saturated heterocycles. The number of aliphatic hydroxyl groups is 2. The zero-order valence-electron chi connectivity index (χ0n) is 18.1. The summed E-state index contributed by atoms with van der Waals surface area (Å²) in [5.74, 6) is 0.966. The van der Waals surface area contributed by atoms with E-state index in [-0.39, 0.29) is 19.2 Å². The van der Waals surface area contributed by atoms with Crippen molar-refractivity contribution in [3.05, 3.63) is 60.7 Å². The van der Waals surface area contributed by atoms with E-state index in [2.05, 4.69) is 68.7 Å². The van der Waals surface area contributed by atoms with Crippen LogP contribution in [0.15, 0.2) is 55.1 Å². The van der Waals surface area contributed by atoms with Gasteiger partial charge in [-0.2, -0.15) is 9.97 Å². The van der Waals surface area contributed by atoms with Crippen LogP contribution >= 0.6 is 0 Å². The Morgan fingerprint density at radius 1 is 1.03 bits per heavy atom. The van der Waals surface area contributed by atoms with E-state index >= 15 is 0 Å². The van der Waals surface area contributed by atoms with Crippen LogP contribution in [0.3, 0.4) is 0 Å². The average Bonchev–Trinajstić information content (AvgIpc) is 3.26. The van der Waals surface area contributed by atoms with E-state index in [9.17, 15) is 5.11 Å². The van der Waals surface area contributed by atoms with Crippen molar-refractivity contribution >= 4 is 22.9 Å². The van der Waals surface area contributed by atoms with Gasteiger partial charge in [0.1, 0.15) is 0 Å². The van der Waals surface area contributed by atoms with Crippen LogP contribution in [-0.2, 0) is 6.54 Å². The van der Waals surface area contributed by atoms with Crippen molar-refractivity contribution < 1.29 is 10.2 Å². The molecule has 3 aromatic heterocycles. The zero-order valence-corrected chi connectivity index (χ0v) is 18.1. The van der Waals surface area contributed by atoms with Gasteiger partial charge in [-0.25, -0.2) is 4.98 Å². The number of aromatic nitrogens is 5. The van der Waals surface area contributed by atoms with Crippen molar-refractivity contribution in [2.45, 2.75) is 32.5 Å². The van der Waals surface area contributed by atoms with E-state index in [0.717, 1.165) is 16.7 Å². The van der Waals surface area contributed by atoms with Crippen LogP contribution in [0.1, 0.15) is 25.5 Å². The minimum absolute atomic E-state index is 0.146. The largest absolute Gasteiger partial charge is 0.394 e. The molecule has 0 spiro atoms. The van der Waals surface area contributed by atoms with Crippen molar-refractivity contribution in [2.24, 2.45) is 0 Å². The molecule has 0 saturated carbocycles. The molecular weight excluding hydrogens is 406 g/mol. The number of nitrogens with one attached hydrogen (secondary N) is 2. The summed E-state index contributed by atoms with van der Waals surface area (Å²) in [7, 11) is 0. The zero-order chi connectivity index (χ0) is 22.5. The first-order valence-corrected chi connectivity index (χ1v) is 10.6. The molecule has 166 valence electrons. The van der Waals surface area contributed by atoms with Crippen molar-refractivity contribution in [3.63, 3.8) is 0 Å². The van der Waals surface area contributed by atoms with E-state index in [1.54, 1.807) is 12.5 Å². The topological polar surface area (TPSA) is 121 Å². The minimum Gasteiger partial charge on any atom is -0.394 e. The Morgan fingerprint density at radius 2 is 1.84 bits per heavy atom. The SMILES string of the molecule is CC(C)n1cnc2c(NCc3ccc(-c4cccnc4)cc3)nc(NC[C@H](O)CO)nc21. The molecule has 4 N–H and O–H groups in total. The van der Waals surface area contributed by atoms with E-state index < -0.39 is 6.10 Å². The third-order valence-electron chi connectivity index (χ3n) is 5.09. The molecule has 1 atom stereocenters. The summed E-state index contributed by atoms with van der Waals surface area (Å²) in [5, 5.41) is 25.1. The highest BCUT2D eigenvalue weighted by atomic mass is 16.3. The molecule has 0 bridgehead atoms. The summed E-state index contributed by atoms with van der Waals surface area (Å²) < 4.78 is 1.97. The minimum atomic E-state index is -0.890. The summed E-state index contributed by atoms with van der Waals surface area (Å²) in [4.78, 5) is 17.8. The molecule has 0 aliphatic carbocycles. The Balaban J connectivity index is 1.56. The van der Waals surface area contributed by atoms with E-state index in [4.69, 9.17) is 5.11 Å². The predicted octanol–water partition coefficient (Wildman–Crippen LogP) is 2.85. The highest BCUT2D eigenvalue weighted by Gasteiger charge is 2.15. The molecule has 32 heavy (non-hydrogen) atoms. The van der Waals surface area contributed by atoms with Gasteiger partial charge < -0.3 is 25.4 Å². The average molecular weight is 434 g/mol. The van der Waals surface area contributed by atoms with Crippen LogP contribution in [0, 0.1) is 0 Å². The van der Waals surface area contributed by atoms with Gasteiger partial charge in [0.2, 0.25) is 5.95 Å². The fraction of sp³-hybridized carbons (Fsp3) is 0.304. The Hall–Kier alpha value is -3.56. The van der Waals surface area contributed by atoms with Crippen molar-refractivity contribution in [3.8, 4) is 11.1 Å². The lowest BCUT2D eigenvalue weighted by Crippen LogP contribution is -2.24. The molecule has 9 nitrogen and oxygen atoms in total. The number of pyridine rings is 1. The van der Waals surface area contributed by atoms with Gasteiger partial charge in [-0.15, -0.1) is 0 Å². The Morgan fingerprint density at radius 3 is 2.53 bits per heavy atom. The van der Waals surface area contributed by atoms with E-state index in [0.29, 0.717) is 29.5 Å². The lowest BCUT2D eigenvalue weighted by molar-refractivity contribution is 0.105. The second-order valence-electron chi connectivity index (χ2n) is 7.82. The van der Waals surface area contributed by atoms with Gasteiger partial charge in [-0.05, 0) is 36.6 Å². The van der Waals surface area contributed by atoms with Gasteiger partial charge in [0.05, 0.1) is 19.0 Å². The lowest BCUT2D eigenvalue weighted by atomic mass is 10.1. The summed E-state index contributed by atoms with van der Waals surface area (Å²) in [6, 6.07) is 12.4. The second-order valence-corrected chi connectivity index (χ2v) is 7.82. The molecule has 3 heterocycles. The fourth-order valence-corrected chi connectivity index (χ4v) is 3.30. The second kappa shape index (κ2) is 9.71. The predicted molar refractivity (Wildman–Crippen MR) is 124 cm³/mol. The van der Waals surface area contributed by atoms with Crippen LogP contribution in [0.25, 0.3) is 22.3 Å². The third kappa shape index (κ3) is 4.84. The van der Waals surface area contributed by atoms with Gasteiger partial charge in [-0.1, -0.05) is 30.3 Å². The lowest BCUT2D eigenvalue weighted by Gasteiger charge is -2.13. The van der Waals surface area contributed by atoms with Gasteiger partial charge in [0, 0.05) is 31.5 Å². The molecule has 9 heteroatoms. The molecule has 0 amide bonds. The van der Waals surface area contributed by atoms with Crippen LogP contribution in [0.4, 0.5) is 11.8 Å². The van der Waals surface area contributed by atoms with Crippen molar-refractivity contribution in [1.29, 1.82) is 0 Å². The van der Waals surface area contributed by atoms with Crippen molar-refractivity contribution in [1.82, 2.24) is 24.5 Å². The number of imidazole rings is 1. The summed E-state index contributed by atoms with van der Waals surface area (Å²) in [5.41, 5.74) is 4.66. The van der Waals surface area contributed by atoms with E-state index in [1.807, 2.05) is 22.9 Å². The Kier molecular flexibility index (Phi) is 6.58. The number of aliphatic hydroxyl groups excluding tert-OH is 2. The molecule has 0 radical (unpaired) electrons. The van der Waals surface area contributed by atoms with Crippen LogP contribution in [0.5, 0.6) is 0 Å². The summed E-state index contributed by atoms with van der Waals surface area (Å²) in [6.45, 7) is 4.49. The smallest absolute Gasteiger partial charge is 0.226 e. The molecule has 0 unspecified atom stereocenters. The van der Waals surface area contributed by atoms with Crippen molar-refractivity contribution in [2.75, 3.05) is 23.8 Å². The third-order valence-corrected chi connectivity index (χ3v) is 5.09. The number of hydrogen-bond donors (Lipinski definition) is 4. The maximum atomic E-state index is 9.66. The van der Waals surface area contributed by atoms with Gasteiger partial charge in [0.15, 0.2) is 17.0 Å². The molecule has 4 aromatic rings. The number of benzene rings is 1.